The quantitative estimate of drug-likeness (QED) is 0.920. The normalized spacial score (nSPS) is 10.2. The molecule has 1 aromatic heterocycles. The molecule has 2 aromatic rings. The first-order chi connectivity index (χ1) is 9.56. The van der Waals surface area contributed by atoms with Gasteiger partial charge in [-0.25, -0.2) is 14.8 Å². The maximum atomic E-state index is 11.4. The molecule has 1 aromatic carbocycles. The van der Waals surface area contributed by atoms with E-state index in [9.17, 15) is 9.90 Å². The summed E-state index contributed by atoms with van der Waals surface area (Å²) in [6.07, 6.45) is 1.34. The van der Waals surface area contributed by atoms with E-state index in [1.807, 2.05) is 0 Å². The van der Waals surface area contributed by atoms with Gasteiger partial charge in [-0.2, -0.15) is 0 Å². The van der Waals surface area contributed by atoms with Crippen LogP contribution in [0.5, 0.6) is 11.5 Å². The first-order valence-corrected chi connectivity index (χ1v) is 5.85. The minimum atomic E-state index is -1.07. The molecule has 0 bridgehead atoms. The maximum Gasteiger partial charge on any atom is 0.339 e. The van der Waals surface area contributed by atoms with Gasteiger partial charge in [-0.1, -0.05) is 0 Å². The lowest BCUT2D eigenvalue weighted by atomic mass is 10.0. The van der Waals surface area contributed by atoms with Gasteiger partial charge in [0.1, 0.15) is 23.4 Å². The largest absolute Gasteiger partial charge is 0.497 e. The van der Waals surface area contributed by atoms with E-state index in [1.165, 1.54) is 20.5 Å². The number of carboxylic acids is 1. The number of benzene rings is 1. The van der Waals surface area contributed by atoms with Crippen molar-refractivity contribution in [3.8, 4) is 22.8 Å². The number of nitrogens with zero attached hydrogens (tertiary/aromatic N) is 2. The zero-order valence-electron chi connectivity index (χ0n) is 11.4. The number of aromatic carboxylic acids is 1. The average molecular weight is 274 g/mol. The fourth-order valence-electron chi connectivity index (χ4n) is 1.89. The molecule has 0 aliphatic heterocycles. The molecule has 0 amide bonds. The minimum Gasteiger partial charge on any atom is -0.497 e. The summed E-state index contributed by atoms with van der Waals surface area (Å²) in [5.41, 5.74) is 1.42. The van der Waals surface area contributed by atoms with Crippen molar-refractivity contribution in [2.45, 2.75) is 6.92 Å². The summed E-state index contributed by atoms with van der Waals surface area (Å²) in [5, 5.41) is 9.32. The summed E-state index contributed by atoms with van der Waals surface area (Å²) in [6.45, 7) is 1.63. The fraction of sp³-hybridized carbons (Fsp3) is 0.214. The van der Waals surface area contributed by atoms with Crippen LogP contribution in [0.2, 0.25) is 0 Å². The second-order valence-electron chi connectivity index (χ2n) is 4.09. The molecule has 0 aliphatic rings. The number of methoxy groups -OCH3 is 2. The van der Waals surface area contributed by atoms with Crippen LogP contribution in [0.1, 0.15) is 16.1 Å². The number of carbonyl (C=O) groups is 1. The van der Waals surface area contributed by atoms with Crippen LogP contribution in [0, 0.1) is 6.92 Å². The number of rotatable bonds is 4. The first kappa shape index (κ1) is 13.8. The molecule has 0 radical (unpaired) electrons. The predicted molar refractivity (Wildman–Crippen MR) is 72.3 cm³/mol. The maximum absolute atomic E-state index is 11.4. The van der Waals surface area contributed by atoms with Crippen LogP contribution in [-0.4, -0.2) is 35.3 Å². The molecule has 0 saturated heterocycles. The Bertz CT molecular complexity index is 633. The Balaban J connectivity index is 2.68. The topological polar surface area (TPSA) is 81.5 Å². The molecule has 2 rings (SSSR count). The zero-order valence-corrected chi connectivity index (χ0v) is 11.4. The predicted octanol–water partition coefficient (Wildman–Crippen LogP) is 2.17. The number of ether oxygens (including phenoxy) is 2. The van der Waals surface area contributed by atoms with Crippen LogP contribution in [0.3, 0.4) is 0 Å². The van der Waals surface area contributed by atoms with Crippen molar-refractivity contribution < 1.29 is 19.4 Å². The molecular weight excluding hydrogens is 260 g/mol. The molecule has 0 fully saturated rings. The Morgan fingerprint density at radius 3 is 2.20 bits per heavy atom. The molecule has 104 valence electrons. The minimum absolute atomic E-state index is 0.0720. The Kier molecular flexibility index (Phi) is 3.84. The lowest BCUT2D eigenvalue weighted by molar-refractivity contribution is 0.0696. The molecule has 0 atom stereocenters. The van der Waals surface area contributed by atoms with E-state index in [2.05, 4.69) is 9.97 Å². The summed E-state index contributed by atoms with van der Waals surface area (Å²) in [6, 6.07) is 5.12. The second kappa shape index (κ2) is 5.56. The van der Waals surface area contributed by atoms with Crippen LogP contribution in [0.4, 0.5) is 0 Å². The van der Waals surface area contributed by atoms with Crippen molar-refractivity contribution in [3.05, 3.63) is 35.8 Å². The van der Waals surface area contributed by atoms with Crippen molar-refractivity contribution in [2.75, 3.05) is 14.2 Å². The number of hydrogen-bond acceptors (Lipinski definition) is 5. The van der Waals surface area contributed by atoms with Crippen molar-refractivity contribution >= 4 is 5.97 Å². The van der Waals surface area contributed by atoms with Gasteiger partial charge in [0.15, 0.2) is 0 Å². The Morgan fingerprint density at radius 1 is 1.10 bits per heavy atom. The molecule has 1 N–H and O–H groups in total. The van der Waals surface area contributed by atoms with E-state index in [4.69, 9.17) is 9.47 Å². The SMILES string of the molecule is COc1cc(OC)cc(-c2ncnc(C)c2C(=O)O)c1. The van der Waals surface area contributed by atoms with E-state index in [1.54, 1.807) is 25.1 Å². The highest BCUT2D eigenvalue weighted by molar-refractivity contribution is 5.96. The summed E-state index contributed by atoms with van der Waals surface area (Å²) >= 11 is 0. The summed E-state index contributed by atoms with van der Waals surface area (Å²) in [4.78, 5) is 19.4. The van der Waals surface area contributed by atoms with Crippen molar-refractivity contribution in [1.29, 1.82) is 0 Å². The van der Waals surface area contributed by atoms with Gasteiger partial charge < -0.3 is 14.6 Å². The monoisotopic (exact) mass is 274 g/mol. The van der Waals surface area contributed by atoms with E-state index >= 15 is 0 Å². The van der Waals surface area contributed by atoms with Crippen LogP contribution in [-0.2, 0) is 0 Å². The lowest BCUT2D eigenvalue weighted by Gasteiger charge is -2.10. The molecule has 1 heterocycles. The Morgan fingerprint density at radius 2 is 1.70 bits per heavy atom. The standard InChI is InChI=1S/C14H14N2O4/c1-8-12(14(17)18)13(16-7-15-8)9-4-10(19-2)6-11(5-9)20-3/h4-7H,1-3H3,(H,17,18). The molecule has 6 nitrogen and oxygen atoms in total. The summed E-state index contributed by atoms with van der Waals surface area (Å²) in [7, 11) is 3.06. The van der Waals surface area contributed by atoms with E-state index in [0.717, 1.165) is 0 Å². The Hall–Kier alpha value is -2.63. The van der Waals surface area contributed by atoms with Gasteiger partial charge >= 0.3 is 5.97 Å². The highest BCUT2D eigenvalue weighted by Gasteiger charge is 2.18. The molecule has 0 saturated carbocycles. The average Bonchev–Trinajstić information content (AvgIpc) is 2.45. The van der Waals surface area contributed by atoms with E-state index in [0.29, 0.717) is 28.5 Å². The van der Waals surface area contributed by atoms with Gasteiger partial charge in [-0.3, -0.25) is 0 Å². The first-order valence-electron chi connectivity index (χ1n) is 5.85. The van der Waals surface area contributed by atoms with Gasteiger partial charge in [-0.05, 0) is 19.1 Å². The number of carboxylic acid groups (broad SMARTS) is 1. The lowest BCUT2D eigenvalue weighted by Crippen LogP contribution is -2.06. The zero-order chi connectivity index (χ0) is 14.7. The summed E-state index contributed by atoms with van der Waals surface area (Å²) < 4.78 is 10.4. The third-order valence-electron chi connectivity index (χ3n) is 2.88. The third-order valence-corrected chi connectivity index (χ3v) is 2.88. The molecular formula is C14H14N2O4. The van der Waals surface area contributed by atoms with E-state index in [-0.39, 0.29) is 5.56 Å². The van der Waals surface area contributed by atoms with Crippen molar-refractivity contribution in [1.82, 2.24) is 9.97 Å². The molecule has 6 heteroatoms. The van der Waals surface area contributed by atoms with Crippen molar-refractivity contribution in [3.63, 3.8) is 0 Å². The van der Waals surface area contributed by atoms with Gasteiger partial charge in [0, 0.05) is 11.6 Å². The highest BCUT2D eigenvalue weighted by atomic mass is 16.5. The molecule has 0 aliphatic carbocycles. The number of hydrogen-bond donors (Lipinski definition) is 1. The molecule has 0 unspecified atom stereocenters. The molecule has 0 spiro atoms. The van der Waals surface area contributed by atoms with E-state index < -0.39 is 5.97 Å². The van der Waals surface area contributed by atoms with Gasteiger partial charge in [-0.15, -0.1) is 0 Å². The van der Waals surface area contributed by atoms with Crippen LogP contribution in [0.15, 0.2) is 24.5 Å². The Labute approximate surface area is 116 Å². The van der Waals surface area contributed by atoms with Crippen LogP contribution < -0.4 is 9.47 Å². The number of aromatic nitrogens is 2. The molecule has 20 heavy (non-hydrogen) atoms. The van der Waals surface area contributed by atoms with Crippen LogP contribution in [0.25, 0.3) is 11.3 Å². The van der Waals surface area contributed by atoms with Crippen molar-refractivity contribution in [2.24, 2.45) is 0 Å². The van der Waals surface area contributed by atoms with Gasteiger partial charge in [0.2, 0.25) is 0 Å². The summed E-state index contributed by atoms with van der Waals surface area (Å²) in [5.74, 6) is 0.0544. The highest BCUT2D eigenvalue weighted by Crippen LogP contribution is 2.30. The third kappa shape index (κ3) is 2.54. The second-order valence-corrected chi connectivity index (χ2v) is 4.09. The van der Waals surface area contributed by atoms with Gasteiger partial charge in [0.25, 0.3) is 0 Å². The van der Waals surface area contributed by atoms with Gasteiger partial charge in [0.05, 0.1) is 25.6 Å². The smallest absolute Gasteiger partial charge is 0.339 e. The number of aryl methyl sites for hydroxylation is 1. The fourth-order valence-corrected chi connectivity index (χ4v) is 1.89. The van der Waals surface area contributed by atoms with Crippen LogP contribution >= 0.6 is 0 Å².